The van der Waals surface area contributed by atoms with E-state index in [1.165, 1.54) is 0 Å². The average Bonchev–Trinajstić information content (AvgIpc) is 3.03. The van der Waals surface area contributed by atoms with E-state index in [2.05, 4.69) is 34.5 Å². The monoisotopic (exact) mass is 333 g/mol. The lowest BCUT2D eigenvalue weighted by molar-refractivity contribution is -0.384. The van der Waals surface area contributed by atoms with E-state index in [-0.39, 0.29) is 10.6 Å². The Kier molecular flexibility index (Phi) is 5.20. The Bertz CT molecular complexity index is 597. The van der Waals surface area contributed by atoms with Gasteiger partial charge in [0.05, 0.1) is 4.92 Å². The van der Waals surface area contributed by atoms with Crippen LogP contribution in [0.15, 0.2) is 12.1 Å². The van der Waals surface area contributed by atoms with E-state index in [1.807, 2.05) is 6.07 Å². The van der Waals surface area contributed by atoms with Crippen LogP contribution >= 0.6 is 0 Å². The van der Waals surface area contributed by atoms with Crippen molar-refractivity contribution in [1.29, 1.82) is 0 Å². The molecular formula is C17H27N5O2. The van der Waals surface area contributed by atoms with Crippen molar-refractivity contribution in [2.75, 3.05) is 57.5 Å². The molecule has 7 heteroatoms. The molecule has 2 aliphatic heterocycles. The van der Waals surface area contributed by atoms with E-state index in [1.54, 1.807) is 6.07 Å². The third-order valence-electron chi connectivity index (χ3n) is 4.98. The van der Waals surface area contributed by atoms with Crippen molar-refractivity contribution in [2.45, 2.75) is 25.3 Å². The maximum absolute atomic E-state index is 11.4. The topological polar surface area (TPSA) is 73.7 Å². The summed E-state index contributed by atoms with van der Waals surface area (Å²) in [5, 5.41) is 18.2. The van der Waals surface area contributed by atoms with Crippen LogP contribution in [0, 0.1) is 10.1 Å². The molecule has 1 fully saturated rings. The summed E-state index contributed by atoms with van der Waals surface area (Å²) < 4.78 is 0. The van der Waals surface area contributed by atoms with Gasteiger partial charge < -0.3 is 20.4 Å². The van der Waals surface area contributed by atoms with Crippen LogP contribution in [-0.2, 0) is 6.42 Å². The Balaban J connectivity index is 1.65. The van der Waals surface area contributed by atoms with Crippen LogP contribution in [0.5, 0.6) is 0 Å². The second-order valence-electron chi connectivity index (χ2n) is 6.98. The van der Waals surface area contributed by atoms with Gasteiger partial charge in [0.25, 0.3) is 5.69 Å². The molecule has 0 atom stereocenters. The van der Waals surface area contributed by atoms with E-state index in [4.69, 9.17) is 0 Å². The minimum absolute atomic E-state index is 0.201. The van der Waals surface area contributed by atoms with Gasteiger partial charge in [-0.3, -0.25) is 10.1 Å². The SMILES string of the molecule is CN(C)CCN1CCC(Nc2c([N+](=O)[O-])ccc3c2CCN3)CC1. The van der Waals surface area contributed by atoms with Gasteiger partial charge in [-0.25, -0.2) is 0 Å². The fourth-order valence-corrected chi connectivity index (χ4v) is 3.54. The van der Waals surface area contributed by atoms with Gasteiger partial charge in [-0.1, -0.05) is 0 Å². The summed E-state index contributed by atoms with van der Waals surface area (Å²) in [6.45, 7) is 5.11. The molecule has 2 N–H and O–H groups in total. The molecule has 0 aliphatic carbocycles. The summed E-state index contributed by atoms with van der Waals surface area (Å²) >= 11 is 0. The number of hydrogen-bond donors (Lipinski definition) is 2. The summed E-state index contributed by atoms with van der Waals surface area (Å²) in [6, 6.07) is 3.76. The number of likely N-dealkylation sites (N-methyl/N-ethyl adjacent to an activating group) is 1. The highest BCUT2D eigenvalue weighted by Crippen LogP contribution is 2.37. The number of nitrogens with zero attached hydrogens (tertiary/aromatic N) is 3. The zero-order valence-electron chi connectivity index (χ0n) is 14.5. The van der Waals surface area contributed by atoms with E-state index >= 15 is 0 Å². The Morgan fingerprint density at radius 2 is 2.12 bits per heavy atom. The summed E-state index contributed by atoms with van der Waals surface area (Å²) in [7, 11) is 4.19. The van der Waals surface area contributed by atoms with Crippen LogP contribution in [0.4, 0.5) is 17.1 Å². The molecule has 0 amide bonds. The number of nitrogens with one attached hydrogen (secondary N) is 2. The predicted molar refractivity (Wildman–Crippen MR) is 96.9 cm³/mol. The molecule has 1 saturated heterocycles. The number of benzene rings is 1. The molecule has 0 aromatic heterocycles. The van der Waals surface area contributed by atoms with Crippen LogP contribution < -0.4 is 10.6 Å². The summed E-state index contributed by atoms with van der Waals surface area (Å²) in [5.74, 6) is 0. The van der Waals surface area contributed by atoms with Gasteiger partial charge in [0.1, 0.15) is 5.69 Å². The largest absolute Gasteiger partial charge is 0.384 e. The van der Waals surface area contributed by atoms with Gasteiger partial charge in [-0.15, -0.1) is 0 Å². The molecule has 1 aromatic rings. The van der Waals surface area contributed by atoms with Gasteiger partial charge in [-0.2, -0.15) is 0 Å². The molecule has 0 bridgehead atoms. The highest BCUT2D eigenvalue weighted by atomic mass is 16.6. The van der Waals surface area contributed by atoms with Crippen LogP contribution in [0.1, 0.15) is 18.4 Å². The Hall–Kier alpha value is -1.86. The fraction of sp³-hybridized carbons (Fsp3) is 0.647. The Labute approximate surface area is 143 Å². The lowest BCUT2D eigenvalue weighted by Crippen LogP contribution is -2.41. The lowest BCUT2D eigenvalue weighted by Gasteiger charge is -2.33. The van der Waals surface area contributed by atoms with Crippen molar-refractivity contribution >= 4 is 17.1 Å². The molecule has 7 nitrogen and oxygen atoms in total. The number of nitro groups is 1. The van der Waals surface area contributed by atoms with Crippen molar-refractivity contribution < 1.29 is 4.92 Å². The number of rotatable bonds is 6. The molecule has 2 aliphatic rings. The summed E-state index contributed by atoms with van der Waals surface area (Å²) in [4.78, 5) is 15.8. The molecule has 0 saturated carbocycles. The van der Waals surface area contributed by atoms with Crippen LogP contribution in [0.2, 0.25) is 0 Å². The number of anilines is 2. The predicted octanol–water partition coefficient (Wildman–Crippen LogP) is 2.00. The molecular weight excluding hydrogens is 306 g/mol. The van der Waals surface area contributed by atoms with Crippen molar-refractivity contribution in [3.8, 4) is 0 Å². The van der Waals surface area contributed by atoms with Crippen LogP contribution in [0.25, 0.3) is 0 Å². The highest BCUT2D eigenvalue weighted by Gasteiger charge is 2.27. The maximum atomic E-state index is 11.4. The van der Waals surface area contributed by atoms with E-state index in [0.717, 1.165) is 68.9 Å². The van der Waals surface area contributed by atoms with Gasteiger partial charge in [0.2, 0.25) is 0 Å². The van der Waals surface area contributed by atoms with Crippen molar-refractivity contribution in [2.24, 2.45) is 0 Å². The van der Waals surface area contributed by atoms with Gasteiger partial charge in [0.15, 0.2) is 0 Å². The van der Waals surface area contributed by atoms with Gasteiger partial charge >= 0.3 is 0 Å². The van der Waals surface area contributed by atoms with Gasteiger partial charge in [0, 0.05) is 56.1 Å². The Morgan fingerprint density at radius 3 is 2.79 bits per heavy atom. The molecule has 3 rings (SSSR count). The first kappa shape index (κ1) is 17.0. The second kappa shape index (κ2) is 7.36. The number of likely N-dealkylation sites (tertiary alicyclic amines) is 1. The fourth-order valence-electron chi connectivity index (χ4n) is 3.54. The number of piperidine rings is 1. The van der Waals surface area contributed by atoms with E-state index in [0.29, 0.717) is 6.04 Å². The minimum atomic E-state index is -0.271. The third kappa shape index (κ3) is 3.79. The average molecular weight is 333 g/mol. The summed E-state index contributed by atoms with van der Waals surface area (Å²) in [6.07, 6.45) is 2.91. The molecule has 2 heterocycles. The molecule has 24 heavy (non-hydrogen) atoms. The second-order valence-corrected chi connectivity index (χ2v) is 6.98. The third-order valence-corrected chi connectivity index (χ3v) is 4.98. The normalized spacial score (nSPS) is 18.5. The first-order valence-electron chi connectivity index (χ1n) is 8.72. The highest BCUT2D eigenvalue weighted by molar-refractivity contribution is 5.77. The molecule has 0 spiro atoms. The number of nitro benzene ring substituents is 1. The summed E-state index contributed by atoms with van der Waals surface area (Å²) in [5.41, 5.74) is 3.03. The molecule has 0 radical (unpaired) electrons. The zero-order chi connectivity index (χ0) is 17.1. The Morgan fingerprint density at radius 1 is 1.38 bits per heavy atom. The molecule has 132 valence electrons. The number of fused-ring (bicyclic) bond motifs is 1. The molecule has 0 unspecified atom stereocenters. The standard InChI is InChI=1S/C17H27N5O2/c1-20(2)11-12-21-9-6-13(7-10-21)19-17-14-5-8-18-15(14)3-4-16(17)22(23)24/h3-4,13,18-19H,5-12H2,1-2H3. The first-order valence-corrected chi connectivity index (χ1v) is 8.72. The van der Waals surface area contributed by atoms with Crippen molar-refractivity contribution in [1.82, 2.24) is 9.80 Å². The maximum Gasteiger partial charge on any atom is 0.292 e. The van der Waals surface area contributed by atoms with Crippen LogP contribution in [-0.4, -0.2) is 67.6 Å². The number of hydrogen-bond acceptors (Lipinski definition) is 6. The van der Waals surface area contributed by atoms with Gasteiger partial charge in [-0.05, 0) is 39.4 Å². The van der Waals surface area contributed by atoms with E-state index < -0.39 is 0 Å². The molecule has 1 aromatic carbocycles. The van der Waals surface area contributed by atoms with Crippen molar-refractivity contribution in [3.05, 3.63) is 27.8 Å². The van der Waals surface area contributed by atoms with Crippen LogP contribution in [0.3, 0.4) is 0 Å². The zero-order valence-corrected chi connectivity index (χ0v) is 14.5. The quantitative estimate of drug-likeness (QED) is 0.613. The lowest BCUT2D eigenvalue weighted by atomic mass is 10.0. The smallest absolute Gasteiger partial charge is 0.292 e. The first-order chi connectivity index (χ1) is 11.5. The van der Waals surface area contributed by atoms with E-state index in [9.17, 15) is 10.1 Å². The minimum Gasteiger partial charge on any atom is -0.384 e. The van der Waals surface area contributed by atoms with Crippen molar-refractivity contribution in [3.63, 3.8) is 0 Å².